The quantitative estimate of drug-likeness (QED) is 0.526. The Morgan fingerprint density at radius 2 is 2.27 bits per heavy atom. The van der Waals surface area contributed by atoms with E-state index in [9.17, 15) is 4.79 Å². The fraction of sp³-hybridized carbons (Fsp3) is 0.917. The number of rotatable bonds is 5. The Kier molecular flexibility index (Phi) is 6.07. The predicted molar refractivity (Wildman–Crippen MR) is 64.2 cm³/mol. The number of nitrogens with zero attached hydrogens (tertiary/aromatic N) is 1. The Bertz CT molecular complexity index is 196. The smallest absolute Gasteiger partial charge is 0.222 e. The van der Waals surface area contributed by atoms with Crippen LogP contribution in [0.4, 0.5) is 0 Å². The average Bonchev–Trinajstić information content (AvgIpc) is 2.29. The molecular weight excluding hydrogens is 210 g/mol. The lowest BCUT2D eigenvalue weighted by Gasteiger charge is -2.32. The van der Waals surface area contributed by atoms with Gasteiger partial charge in [0, 0.05) is 25.4 Å². The van der Waals surface area contributed by atoms with Gasteiger partial charge in [-0.25, -0.2) is 0 Å². The lowest BCUT2D eigenvalue weighted by atomic mass is 9.95. The number of carbonyl (C=O) groups is 1. The predicted octanol–water partition coefficient (Wildman–Crippen LogP) is 3.04. The van der Waals surface area contributed by atoms with E-state index in [2.05, 4.69) is 6.92 Å². The molecule has 1 atom stereocenters. The van der Waals surface area contributed by atoms with Gasteiger partial charge in [0.2, 0.25) is 5.91 Å². The molecule has 0 spiro atoms. The third kappa shape index (κ3) is 4.42. The first-order valence-corrected chi connectivity index (χ1v) is 6.65. The summed E-state index contributed by atoms with van der Waals surface area (Å²) in [7, 11) is 0. The molecular formula is C12H22ClNO. The molecule has 1 amide bonds. The van der Waals surface area contributed by atoms with Crippen molar-refractivity contribution in [3.8, 4) is 0 Å². The van der Waals surface area contributed by atoms with Gasteiger partial charge in [0.05, 0.1) is 0 Å². The molecule has 88 valence electrons. The largest absolute Gasteiger partial charge is 0.342 e. The lowest BCUT2D eigenvalue weighted by molar-refractivity contribution is -0.133. The van der Waals surface area contributed by atoms with Gasteiger partial charge in [0.15, 0.2) is 0 Å². The van der Waals surface area contributed by atoms with Crippen molar-refractivity contribution in [2.75, 3.05) is 19.0 Å². The van der Waals surface area contributed by atoms with Crippen LogP contribution in [0.5, 0.6) is 0 Å². The number of carbonyl (C=O) groups excluding carboxylic acids is 1. The summed E-state index contributed by atoms with van der Waals surface area (Å²) >= 11 is 5.59. The molecule has 0 bridgehead atoms. The van der Waals surface area contributed by atoms with Gasteiger partial charge in [0.25, 0.3) is 0 Å². The van der Waals surface area contributed by atoms with Crippen molar-refractivity contribution in [3.05, 3.63) is 0 Å². The van der Waals surface area contributed by atoms with Crippen LogP contribution in [0.25, 0.3) is 0 Å². The number of unbranched alkanes of at least 4 members (excludes halogenated alkanes) is 1. The SMILES string of the molecule is CCC1CCCN(C(=O)CCCCCl)C1. The second kappa shape index (κ2) is 7.10. The molecule has 0 aliphatic carbocycles. The van der Waals surface area contributed by atoms with E-state index < -0.39 is 0 Å². The number of likely N-dealkylation sites (tertiary alicyclic amines) is 1. The van der Waals surface area contributed by atoms with Crippen molar-refractivity contribution in [1.29, 1.82) is 0 Å². The zero-order chi connectivity index (χ0) is 11.1. The topological polar surface area (TPSA) is 20.3 Å². The van der Waals surface area contributed by atoms with Crippen molar-refractivity contribution < 1.29 is 4.79 Å². The van der Waals surface area contributed by atoms with Crippen molar-refractivity contribution in [1.82, 2.24) is 4.90 Å². The highest BCUT2D eigenvalue weighted by atomic mass is 35.5. The number of amides is 1. The van der Waals surface area contributed by atoms with Crippen LogP contribution >= 0.6 is 11.6 Å². The third-order valence-corrected chi connectivity index (χ3v) is 3.49. The van der Waals surface area contributed by atoms with Crippen LogP contribution in [0.3, 0.4) is 0 Å². The molecule has 1 rings (SSSR count). The second-order valence-corrected chi connectivity index (χ2v) is 4.78. The molecule has 0 aromatic heterocycles. The highest BCUT2D eigenvalue weighted by Crippen LogP contribution is 2.20. The summed E-state index contributed by atoms with van der Waals surface area (Å²) in [5.41, 5.74) is 0. The Hall–Kier alpha value is -0.240. The zero-order valence-electron chi connectivity index (χ0n) is 9.67. The Balaban J connectivity index is 2.25. The second-order valence-electron chi connectivity index (χ2n) is 4.40. The average molecular weight is 232 g/mol. The summed E-state index contributed by atoms with van der Waals surface area (Å²) < 4.78 is 0. The van der Waals surface area contributed by atoms with Gasteiger partial charge in [0.1, 0.15) is 0 Å². The monoisotopic (exact) mass is 231 g/mol. The maximum Gasteiger partial charge on any atom is 0.222 e. The fourth-order valence-electron chi connectivity index (χ4n) is 2.15. The molecule has 1 aliphatic heterocycles. The van der Waals surface area contributed by atoms with E-state index in [4.69, 9.17) is 11.6 Å². The first-order valence-electron chi connectivity index (χ1n) is 6.11. The minimum atomic E-state index is 0.332. The normalized spacial score (nSPS) is 21.7. The Morgan fingerprint density at radius 3 is 2.93 bits per heavy atom. The highest BCUT2D eigenvalue weighted by Gasteiger charge is 2.21. The first-order chi connectivity index (χ1) is 7.27. The molecule has 0 radical (unpaired) electrons. The molecule has 15 heavy (non-hydrogen) atoms. The molecule has 3 heteroatoms. The number of hydrogen-bond acceptors (Lipinski definition) is 1. The van der Waals surface area contributed by atoms with Gasteiger partial charge in [-0.15, -0.1) is 11.6 Å². The molecule has 1 saturated heterocycles. The summed E-state index contributed by atoms with van der Waals surface area (Å²) in [5, 5.41) is 0. The standard InChI is InChI=1S/C12H22ClNO/c1-2-11-6-5-9-14(10-11)12(15)7-3-4-8-13/h11H,2-10H2,1H3. The van der Waals surface area contributed by atoms with Gasteiger partial charge < -0.3 is 4.90 Å². The van der Waals surface area contributed by atoms with Crippen LogP contribution in [0.1, 0.15) is 45.4 Å². The summed E-state index contributed by atoms with van der Waals surface area (Å²) in [6.45, 7) is 4.17. The molecule has 2 nitrogen and oxygen atoms in total. The van der Waals surface area contributed by atoms with E-state index in [0.717, 1.165) is 31.8 Å². The van der Waals surface area contributed by atoms with Crippen molar-refractivity contribution in [2.45, 2.75) is 45.4 Å². The summed E-state index contributed by atoms with van der Waals surface area (Å²) in [4.78, 5) is 13.9. The number of alkyl halides is 1. The maximum atomic E-state index is 11.8. The Labute approximate surface area is 98.0 Å². The van der Waals surface area contributed by atoms with Gasteiger partial charge >= 0.3 is 0 Å². The van der Waals surface area contributed by atoms with E-state index in [1.165, 1.54) is 19.3 Å². The van der Waals surface area contributed by atoms with Crippen LogP contribution in [-0.4, -0.2) is 29.8 Å². The lowest BCUT2D eigenvalue weighted by Crippen LogP contribution is -2.39. The summed E-state index contributed by atoms with van der Waals surface area (Å²) in [6.07, 6.45) is 6.25. The van der Waals surface area contributed by atoms with Gasteiger partial charge in [-0.2, -0.15) is 0 Å². The molecule has 1 heterocycles. The highest BCUT2D eigenvalue weighted by molar-refractivity contribution is 6.17. The van der Waals surface area contributed by atoms with E-state index in [1.807, 2.05) is 4.90 Å². The van der Waals surface area contributed by atoms with Crippen LogP contribution in [0.2, 0.25) is 0 Å². The van der Waals surface area contributed by atoms with Crippen LogP contribution in [0, 0.1) is 5.92 Å². The summed E-state index contributed by atoms with van der Waals surface area (Å²) in [6, 6.07) is 0. The maximum absolute atomic E-state index is 11.8. The van der Waals surface area contributed by atoms with Crippen LogP contribution < -0.4 is 0 Å². The van der Waals surface area contributed by atoms with E-state index in [1.54, 1.807) is 0 Å². The molecule has 1 fully saturated rings. The third-order valence-electron chi connectivity index (χ3n) is 3.22. The number of halogens is 1. The fourth-order valence-corrected chi connectivity index (χ4v) is 2.34. The van der Waals surface area contributed by atoms with Crippen molar-refractivity contribution in [2.24, 2.45) is 5.92 Å². The van der Waals surface area contributed by atoms with Crippen LogP contribution in [-0.2, 0) is 4.79 Å². The molecule has 0 aromatic rings. The first kappa shape index (κ1) is 12.8. The number of hydrogen-bond donors (Lipinski definition) is 0. The minimum absolute atomic E-state index is 0.332. The minimum Gasteiger partial charge on any atom is -0.342 e. The van der Waals surface area contributed by atoms with E-state index in [0.29, 0.717) is 18.2 Å². The van der Waals surface area contributed by atoms with Gasteiger partial charge in [-0.3, -0.25) is 4.79 Å². The number of piperidine rings is 1. The summed E-state index contributed by atoms with van der Waals surface area (Å²) in [5.74, 6) is 1.74. The van der Waals surface area contributed by atoms with Crippen LogP contribution in [0.15, 0.2) is 0 Å². The van der Waals surface area contributed by atoms with Crippen molar-refractivity contribution in [3.63, 3.8) is 0 Å². The van der Waals surface area contributed by atoms with Gasteiger partial charge in [-0.05, 0) is 31.6 Å². The van der Waals surface area contributed by atoms with E-state index in [-0.39, 0.29) is 0 Å². The molecule has 1 aliphatic rings. The molecule has 0 aromatic carbocycles. The van der Waals surface area contributed by atoms with Gasteiger partial charge in [-0.1, -0.05) is 13.3 Å². The molecule has 0 N–H and O–H groups in total. The van der Waals surface area contributed by atoms with Crippen molar-refractivity contribution >= 4 is 17.5 Å². The van der Waals surface area contributed by atoms with E-state index >= 15 is 0 Å². The molecule has 0 saturated carbocycles. The molecule has 1 unspecified atom stereocenters. The Morgan fingerprint density at radius 1 is 1.47 bits per heavy atom. The zero-order valence-corrected chi connectivity index (χ0v) is 10.4.